The van der Waals surface area contributed by atoms with Crippen molar-refractivity contribution in [2.45, 2.75) is 12.5 Å². The Labute approximate surface area is 83.3 Å². The summed E-state index contributed by atoms with van der Waals surface area (Å²) in [5.41, 5.74) is 3.01. The molecule has 15 heavy (non-hydrogen) atoms. The van der Waals surface area contributed by atoms with Gasteiger partial charge in [0.25, 0.3) is 0 Å². The van der Waals surface area contributed by atoms with E-state index in [1.54, 1.807) is 0 Å². The number of hydrogen-bond donors (Lipinski definition) is 2. The van der Waals surface area contributed by atoms with E-state index in [9.17, 15) is 18.0 Å². The van der Waals surface area contributed by atoms with Gasteiger partial charge in [-0.3, -0.25) is 0 Å². The zero-order valence-electron chi connectivity index (χ0n) is 7.72. The number of halogens is 3. The van der Waals surface area contributed by atoms with Gasteiger partial charge in [0.05, 0.1) is 0 Å². The first-order chi connectivity index (χ1) is 6.76. The maximum absolute atomic E-state index is 12.8. The number of benzene rings is 1. The highest BCUT2D eigenvalue weighted by atomic mass is 19.2. The van der Waals surface area contributed by atoms with Gasteiger partial charge >= 0.3 is 5.97 Å². The molecule has 0 aromatic heterocycles. The fourth-order valence-electron chi connectivity index (χ4n) is 0.979. The van der Waals surface area contributed by atoms with Crippen LogP contribution in [0, 0.1) is 17.5 Å². The summed E-state index contributed by atoms with van der Waals surface area (Å²) in [6.07, 6.45) is 0. The molecule has 0 spiro atoms. The lowest BCUT2D eigenvalue weighted by molar-refractivity contribution is -0.143. The van der Waals surface area contributed by atoms with E-state index >= 15 is 0 Å². The van der Waals surface area contributed by atoms with E-state index in [0.717, 1.165) is 6.92 Å². The molecule has 0 unspecified atom stereocenters. The smallest absolute Gasteiger partial charge is 0.328 e. The standard InChI is InChI=1S/C9H8F3NO2/c1-9(13,8(14)15)4-2-5(10)7(12)6(11)3-4/h2-3H,13H2,1H3,(H,14,15)/t9-/m1/s1. The third kappa shape index (κ3) is 1.94. The van der Waals surface area contributed by atoms with E-state index in [1.807, 2.05) is 0 Å². The van der Waals surface area contributed by atoms with Gasteiger partial charge in [0, 0.05) is 0 Å². The van der Waals surface area contributed by atoms with Gasteiger partial charge in [-0.1, -0.05) is 0 Å². The number of carboxylic acids is 1. The molecule has 0 aliphatic carbocycles. The molecule has 0 saturated heterocycles. The second-order valence-corrected chi connectivity index (χ2v) is 3.26. The molecule has 1 aromatic rings. The van der Waals surface area contributed by atoms with Crippen molar-refractivity contribution in [3.05, 3.63) is 35.1 Å². The zero-order valence-corrected chi connectivity index (χ0v) is 7.72. The first kappa shape index (κ1) is 11.5. The average Bonchev–Trinajstić information content (AvgIpc) is 2.13. The molecule has 1 atom stereocenters. The first-order valence-electron chi connectivity index (χ1n) is 3.94. The van der Waals surface area contributed by atoms with Gasteiger partial charge in [-0.15, -0.1) is 0 Å². The van der Waals surface area contributed by atoms with E-state index in [0.29, 0.717) is 12.1 Å². The number of carboxylic acid groups (broad SMARTS) is 1. The fourth-order valence-corrected chi connectivity index (χ4v) is 0.979. The fraction of sp³-hybridized carbons (Fsp3) is 0.222. The topological polar surface area (TPSA) is 63.3 Å². The molecule has 0 amide bonds. The van der Waals surface area contributed by atoms with Gasteiger partial charge in [0.1, 0.15) is 5.54 Å². The molecule has 6 heteroatoms. The molecule has 0 saturated carbocycles. The second kappa shape index (κ2) is 3.54. The van der Waals surface area contributed by atoms with Crippen LogP contribution in [0.5, 0.6) is 0 Å². The van der Waals surface area contributed by atoms with Crippen molar-refractivity contribution in [2.24, 2.45) is 5.73 Å². The minimum atomic E-state index is -1.96. The lowest BCUT2D eigenvalue weighted by Gasteiger charge is -2.19. The number of aliphatic carboxylic acids is 1. The summed E-state index contributed by atoms with van der Waals surface area (Å²) in [5, 5.41) is 8.68. The van der Waals surface area contributed by atoms with Crippen LogP contribution in [0.2, 0.25) is 0 Å². The Morgan fingerprint density at radius 2 is 1.73 bits per heavy atom. The van der Waals surface area contributed by atoms with Crippen molar-refractivity contribution < 1.29 is 23.1 Å². The summed E-state index contributed by atoms with van der Waals surface area (Å²) in [4.78, 5) is 10.7. The molecular weight excluding hydrogens is 211 g/mol. The Balaban J connectivity index is 3.34. The van der Waals surface area contributed by atoms with Crippen LogP contribution in [0.4, 0.5) is 13.2 Å². The Morgan fingerprint density at radius 3 is 2.07 bits per heavy atom. The Kier molecular flexibility index (Phi) is 2.72. The predicted octanol–water partition coefficient (Wildman–Crippen LogP) is 1.36. The number of carbonyl (C=O) groups is 1. The molecule has 0 aliphatic heterocycles. The van der Waals surface area contributed by atoms with E-state index in [1.165, 1.54) is 0 Å². The predicted molar refractivity (Wildman–Crippen MR) is 45.5 cm³/mol. The molecule has 0 fully saturated rings. The Bertz CT molecular complexity index is 395. The van der Waals surface area contributed by atoms with Crippen molar-refractivity contribution in [1.82, 2.24) is 0 Å². The second-order valence-electron chi connectivity index (χ2n) is 3.26. The van der Waals surface area contributed by atoms with E-state index < -0.39 is 29.0 Å². The van der Waals surface area contributed by atoms with Gasteiger partial charge in [-0.2, -0.15) is 0 Å². The quantitative estimate of drug-likeness (QED) is 0.738. The first-order valence-corrected chi connectivity index (χ1v) is 3.94. The molecule has 82 valence electrons. The van der Waals surface area contributed by atoms with Gasteiger partial charge in [0.2, 0.25) is 0 Å². The molecule has 1 aromatic carbocycles. The normalized spacial score (nSPS) is 14.7. The van der Waals surface area contributed by atoms with Gasteiger partial charge in [-0.05, 0) is 24.6 Å². The number of hydrogen-bond acceptors (Lipinski definition) is 2. The SMILES string of the molecule is C[C@](N)(C(=O)O)c1cc(F)c(F)c(F)c1. The highest BCUT2D eigenvalue weighted by Crippen LogP contribution is 2.22. The number of nitrogens with two attached hydrogens (primary N) is 1. The Hall–Kier alpha value is -1.56. The van der Waals surface area contributed by atoms with Crippen molar-refractivity contribution in [3.63, 3.8) is 0 Å². The van der Waals surface area contributed by atoms with Crippen LogP contribution in [-0.2, 0) is 10.3 Å². The van der Waals surface area contributed by atoms with Crippen LogP contribution in [-0.4, -0.2) is 11.1 Å². The van der Waals surface area contributed by atoms with Gasteiger partial charge < -0.3 is 10.8 Å². The molecular formula is C9H8F3NO2. The Morgan fingerprint density at radius 1 is 1.33 bits per heavy atom. The van der Waals surface area contributed by atoms with Crippen molar-refractivity contribution in [1.29, 1.82) is 0 Å². The summed E-state index contributed by atoms with van der Waals surface area (Å²) in [5.74, 6) is -6.06. The van der Waals surface area contributed by atoms with E-state index in [4.69, 9.17) is 10.8 Å². The molecule has 1 rings (SSSR count). The van der Waals surface area contributed by atoms with Crippen LogP contribution >= 0.6 is 0 Å². The van der Waals surface area contributed by atoms with Gasteiger partial charge in [-0.25, -0.2) is 18.0 Å². The third-order valence-corrected chi connectivity index (χ3v) is 2.03. The van der Waals surface area contributed by atoms with Crippen LogP contribution in [0.25, 0.3) is 0 Å². The largest absolute Gasteiger partial charge is 0.480 e. The third-order valence-electron chi connectivity index (χ3n) is 2.03. The molecule has 0 radical (unpaired) electrons. The van der Waals surface area contributed by atoms with Crippen molar-refractivity contribution in [3.8, 4) is 0 Å². The molecule has 0 aliphatic rings. The summed E-state index contributed by atoms with van der Waals surface area (Å²) >= 11 is 0. The van der Waals surface area contributed by atoms with Gasteiger partial charge in [0.15, 0.2) is 17.5 Å². The van der Waals surface area contributed by atoms with E-state index in [2.05, 4.69) is 0 Å². The zero-order chi connectivity index (χ0) is 11.8. The molecule has 0 bridgehead atoms. The highest BCUT2D eigenvalue weighted by Gasteiger charge is 2.32. The summed E-state index contributed by atoms with van der Waals surface area (Å²) < 4.78 is 38.1. The molecule has 0 heterocycles. The van der Waals surface area contributed by atoms with Crippen LogP contribution in [0.1, 0.15) is 12.5 Å². The van der Waals surface area contributed by atoms with Crippen molar-refractivity contribution >= 4 is 5.97 Å². The van der Waals surface area contributed by atoms with Crippen LogP contribution < -0.4 is 5.73 Å². The highest BCUT2D eigenvalue weighted by molar-refractivity contribution is 5.79. The van der Waals surface area contributed by atoms with Crippen LogP contribution in [0.15, 0.2) is 12.1 Å². The maximum atomic E-state index is 12.8. The summed E-state index contributed by atoms with van der Waals surface area (Å²) in [7, 11) is 0. The maximum Gasteiger partial charge on any atom is 0.328 e. The van der Waals surface area contributed by atoms with Crippen LogP contribution in [0.3, 0.4) is 0 Å². The minimum absolute atomic E-state index is 0.341. The number of rotatable bonds is 2. The lowest BCUT2D eigenvalue weighted by Crippen LogP contribution is -2.41. The molecule has 3 nitrogen and oxygen atoms in total. The summed E-state index contributed by atoms with van der Waals surface area (Å²) in [6.45, 7) is 1.06. The lowest BCUT2D eigenvalue weighted by atomic mass is 9.93. The summed E-state index contributed by atoms with van der Waals surface area (Å²) in [6, 6.07) is 1.12. The average molecular weight is 219 g/mol. The van der Waals surface area contributed by atoms with E-state index in [-0.39, 0.29) is 5.56 Å². The minimum Gasteiger partial charge on any atom is -0.480 e. The monoisotopic (exact) mass is 219 g/mol. The molecule has 3 N–H and O–H groups in total. The van der Waals surface area contributed by atoms with Crippen molar-refractivity contribution in [2.75, 3.05) is 0 Å².